The molecule has 2 heteroatoms. The second-order valence-electron chi connectivity index (χ2n) is 10.4. The smallest absolute Gasteiger partial charge is 0.196 e. The van der Waals surface area contributed by atoms with Gasteiger partial charge in [0.15, 0.2) is 5.78 Å². The van der Waals surface area contributed by atoms with Crippen molar-refractivity contribution in [2.75, 3.05) is 0 Å². The molecule has 0 bridgehead atoms. The molecule has 1 atom stereocenters. The SMILES string of the molecule is CC(C)c1[c]c(C(C)C)c(C(=O)C(O)c2c(C(C)C)cc(C(C)C)cc2C(C)C)cc1. The Labute approximate surface area is 190 Å². The number of hydrogen-bond donors (Lipinski definition) is 1. The molecule has 2 aromatic rings. The molecule has 1 N–H and O–H groups in total. The van der Waals surface area contributed by atoms with Crippen LogP contribution < -0.4 is 0 Å². The summed E-state index contributed by atoms with van der Waals surface area (Å²) in [5, 5.41) is 11.5. The van der Waals surface area contributed by atoms with Crippen molar-refractivity contribution < 1.29 is 9.90 Å². The molecular weight excluding hydrogens is 380 g/mol. The molecule has 2 rings (SSSR count). The maximum absolute atomic E-state index is 13.6. The van der Waals surface area contributed by atoms with E-state index in [4.69, 9.17) is 0 Å². The summed E-state index contributed by atoms with van der Waals surface area (Å²) in [6, 6.07) is 11.7. The van der Waals surface area contributed by atoms with Crippen molar-refractivity contribution in [1.29, 1.82) is 0 Å². The topological polar surface area (TPSA) is 37.3 Å². The quantitative estimate of drug-likeness (QED) is 0.438. The summed E-state index contributed by atoms with van der Waals surface area (Å²) in [6.07, 6.45) is -1.17. The Bertz CT molecular complexity index is 887. The molecule has 0 fully saturated rings. The molecule has 0 aromatic heterocycles. The first-order valence-corrected chi connectivity index (χ1v) is 11.8. The molecule has 0 saturated heterocycles. The molecule has 0 amide bonds. The second-order valence-corrected chi connectivity index (χ2v) is 10.4. The van der Waals surface area contributed by atoms with Gasteiger partial charge in [0.1, 0.15) is 6.10 Å². The minimum Gasteiger partial charge on any atom is -0.380 e. The predicted octanol–water partition coefficient (Wildman–Crippen LogP) is 8.02. The van der Waals surface area contributed by atoms with Gasteiger partial charge in [-0.05, 0) is 69.0 Å². The number of aliphatic hydroxyl groups excluding tert-OH is 1. The number of aliphatic hydroxyl groups is 1. The molecule has 2 nitrogen and oxygen atoms in total. The standard InChI is InChI=1S/C29H41O2/c1-16(2)21-11-12-23(24(13-21)18(5)6)28(30)29(31)27-25(19(7)8)14-22(17(3)4)15-26(27)20(9)10/h11-12,14-20,29,31H,1-10H3. The first-order chi connectivity index (χ1) is 14.4. The van der Waals surface area contributed by atoms with Gasteiger partial charge in [-0.25, -0.2) is 0 Å². The minimum absolute atomic E-state index is 0.155. The van der Waals surface area contributed by atoms with Gasteiger partial charge < -0.3 is 5.11 Å². The molecule has 0 spiro atoms. The molecule has 1 unspecified atom stereocenters. The van der Waals surface area contributed by atoms with Crippen LogP contribution in [0.1, 0.15) is 149 Å². The summed E-state index contributed by atoms with van der Waals surface area (Å²) in [5.74, 6) is 1.10. The molecule has 31 heavy (non-hydrogen) atoms. The normalized spacial score (nSPS) is 13.2. The number of carbonyl (C=O) groups excluding carboxylic acids is 1. The monoisotopic (exact) mass is 421 g/mol. The highest BCUT2D eigenvalue weighted by molar-refractivity contribution is 6.01. The number of Topliss-reactive ketones (excluding diaryl/α,β-unsaturated/α-hetero) is 1. The molecule has 0 aliphatic carbocycles. The van der Waals surface area contributed by atoms with Crippen molar-refractivity contribution in [2.45, 2.75) is 105 Å². The van der Waals surface area contributed by atoms with Crippen molar-refractivity contribution in [3.8, 4) is 0 Å². The summed E-state index contributed by atoms with van der Waals surface area (Å²) in [6.45, 7) is 21.3. The predicted molar refractivity (Wildman–Crippen MR) is 131 cm³/mol. The van der Waals surface area contributed by atoms with Crippen LogP contribution in [0, 0.1) is 6.07 Å². The number of ketones is 1. The van der Waals surface area contributed by atoms with E-state index in [-0.39, 0.29) is 23.5 Å². The highest BCUT2D eigenvalue weighted by Gasteiger charge is 2.29. The number of hydrogen-bond acceptors (Lipinski definition) is 2. The zero-order valence-corrected chi connectivity index (χ0v) is 21.1. The molecule has 0 heterocycles. The van der Waals surface area contributed by atoms with Crippen LogP contribution in [-0.2, 0) is 0 Å². The third kappa shape index (κ3) is 5.47. The first kappa shape index (κ1) is 25.3. The first-order valence-electron chi connectivity index (χ1n) is 11.8. The van der Waals surface area contributed by atoms with Gasteiger partial charge in [-0.1, -0.05) is 93.5 Å². The zero-order chi connectivity index (χ0) is 23.6. The number of rotatable bonds is 8. The highest BCUT2D eigenvalue weighted by atomic mass is 16.3. The Morgan fingerprint density at radius 1 is 0.742 bits per heavy atom. The van der Waals surface area contributed by atoms with Gasteiger partial charge in [0, 0.05) is 5.56 Å². The van der Waals surface area contributed by atoms with E-state index in [9.17, 15) is 9.90 Å². The van der Waals surface area contributed by atoms with Gasteiger partial charge in [0.25, 0.3) is 0 Å². The van der Waals surface area contributed by atoms with E-state index >= 15 is 0 Å². The molecule has 0 saturated carbocycles. The fraction of sp³-hybridized carbons (Fsp3) is 0.552. The molecule has 1 radical (unpaired) electrons. The summed E-state index contributed by atoms with van der Waals surface area (Å²) < 4.78 is 0. The van der Waals surface area contributed by atoms with E-state index < -0.39 is 6.10 Å². The summed E-state index contributed by atoms with van der Waals surface area (Å²) >= 11 is 0. The van der Waals surface area contributed by atoms with E-state index in [1.54, 1.807) is 0 Å². The molecule has 0 aliphatic rings. The summed E-state index contributed by atoms with van der Waals surface area (Å²) in [4.78, 5) is 13.6. The van der Waals surface area contributed by atoms with Crippen LogP contribution in [0.25, 0.3) is 0 Å². The van der Waals surface area contributed by atoms with E-state index in [0.29, 0.717) is 17.4 Å². The lowest BCUT2D eigenvalue weighted by Gasteiger charge is -2.26. The van der Waals surface area contributed by atoms with Gasteiger partial charge in [-0.2, -0.15) is 0 Å². The second kappa shape index (κ2) is 10.1. The minimum atomic E-state index is -1.17. The maximum Gasteiger partial charge on any atom is 0.196 e. The Morgan fingerprint density at radius 3 is 1.65 bits per heavy atom. The van der Waals surface area contributed by atoms with Gasteiger partial charge in [-0.15, -0.1) is 0 Å². The van der Waals surface area contributed by atoms with Gasteiger partial charge in [-0.3, -0.25) is 4.79 Å². The average Bonchev–Trinajstić information content (AvgIpc) is 2.70. The van der Waals surface area contributed by atoms with E-state index in [0.717, 1.165) is 27.8 Å². The zero-order valence-electron chi connectivity index (χ0n) is 21.1. The number of benzene rings is 2. The average molecular weight is 422 g/mol. The van der Waals surface area contributed by atoms with Crippen LogP contribution >= 0.6 is 0 Å². The van der Waals surface area contributed by atoms with Gasteiger partial charge in [0.05, 0.1) is 0 Å². The lowest BCUT2D eigenvalue weighted by Crippen LogP contribution is -2.20. The van der Waals surface area contributed by atoms with Gasteiger partial charge in [0.2, 0.25) is 0 Å². The van der Waals surface area contributed by atoms with Crippen LogP contribution in [0.2, 0.25) is 0 Å². The summed E-state index contributed by atoms with van der Waals surface area (Å²) in [7, 11) is 0. The van der Waals surface area contributed by atoms with E-state index in [1.807, 2.05) is 12.1 Å². The van der Waals surface area contributed by atoms with Crippen LogP contribution in [0.4, 0.5) is 0 Å². The molecule has 0 aliphatic heterocycles. The molecular formula is C29H41O2. The van der Waals surface area contributed by atoms with Crippen molar-refractivity contribution in [3.05, 3.63) is 69.3 Å². The summed E-state index contributed by atoms with van der Waals surface area (Å²) in [5.41, 5.74) is 6.78. The lowest BCUT2D eigenvalue weighted by atomic mass is 9.80. The third-order valence-corrected chi connectivity index (χ3v) is 6.16. The Balaban J connectivity index is 2.68. The largest absolute Gasteiger partial charge is 0.380 e. The van der Waals surface area contributed by atoms with Gasteiger partial charge >= 0.3 is 0 Å². The van der Waals surface area contributed by atoms with Crippen LogP contribution in [0.3, 0.4) is 0 Å². The van der Waals surface area contributed by atoms with E-state index in [1.165, 1.54) is 5.56 Å². The Morgan fingerprint density at radius 2 is 1.26 bits per heavy atom. The van der Waals surface area contributed by atoms with Crippen molar-refractivity contribution >= 4 is 5.78 Å². The number of carbonyl (C=O) groups is 1. The fourth-order valence-electron chi connectivity index (χ4n) is 4.14. The van der Waals surface area contributed by atoms with Crippen LogP contribution in [0.15, 0.2) is 24.3 Å². The molecule has 169 valence electrons. The van der Waals surface area contributed by atoms with Crippen molar-refractivity contribution in [3.63, 3.8) is 0 Å². The molecule has 2 aromatic carbocycles. The van der Waals surface area contributed by atoms with Crippen LogP contribution in [-0.4, -0.2) is 10.9 Å². The Kier molecular flexibility index (Phi) is 8.27. The van der Waals surface area contributed by atoms with Crippen LogP contribution in [0.5, 0.6) is 0 Å². The Hall–Kier alpha value is -1.93. The maximum atomic E-state index is 13.6. The fourth-order valence-corrected chi connectivity index (χ4v) is 4.14. The van der Waals surface area contributed by atoms with Crippen molar-refractivity contribution in [1.82, 2.24) is 0 Å². The third-order valence-electron chi connectivity index (χ3n) is 6.16. The van der Waals surface area contributed by atoms with Crippen molar-refractivity contribution in [2.24, 2.45) is 0 Å². The van der Waals surface area contributed by atoms with E-state index in [2.05, 4.69) is 87.4 Å². The highest BCUT2D eigenvalue weighted by Crippen LogP contribution is 2.38. The lowest BCUT2D eigenvalue weighted by molar-refractivity contribution is 0.0742.